The summed E-state index contributed by atoms with van der Waals surface area (Å²) in [6, 6.07) is 3.90. The fourth-order valence-electron chi connectivity index (χ4n) is 2.48. The minimum atomic E-state index is -0.336. The lowest BCUT2D eigenvalue weighted by Crippen LogP contribution is -2.46. The van der Waals surface area contributed by atoms with Crippen molar-refractivity contribution in [3.05, 3.63) is 29.6 Å². The number of halogens is 1. The fourth-order valence-corrected chi connectivity index (χ4v) is 2.48. The van der Waals surface area contributed by atoms with E-state index >= 15 is 0 Å². The molecular formula is C15H23FN2O2. The van der Waals surface area contributed by atoms with Crippen LogP contribution in [0.1, 0.15) is 25.5 Å². The Hall–Kier alpha value is -1.17. The first-order valence-electron chi connectivity index (χ1n) is 7.16. The van der Waals surface area contributed by atoms with Crippen molar-refractivity contribution in [2.75, 3.05) is 32.8 Å². The number of nitrogens with zero attached hydrogens (tertiary/aromatic N) is 1. The number of benzene rings is 1. The van der Waals surface area contributed by atoms with Crippen LogP contribution in [0.5, 0.6) is 5.75 Å². The molecule has 0 saturated carbocycles. The molecule has 0 spiro atoms. The van der Waals surface area contributed by atoms with Gasteiger partial charge in [0.2, 0.25) is 0 Å². The quantitative estimate of drug-likeness (QED) is 0.866. The van der Waals surface area contributed by atoms with Gasteiger partial charge in [-0.15, -0.1) is 0 Å². The summed E-state index contributed by atoms with van der Waals surface area (Å²) >= 11 is 0. The van der Waals surface area contributed by atoms with Crippen molar-refractivity contribution in [3.63, 3.8) is 0 Å². The lowest BCUT2D eigenvalue weighted by atomic mass is 10.1. The minimum absolute atomic E-state index is 0.117. The molecule has 0 radical (unpaired) electrons. The molecule has 20 heavy (non-hydrogen) atoms. The number of phenolic OH excluding ortho intramolecular Hbond substituents is 1. The van der Waals surface area contributed by atoms with Gasteiger partial charge >= 0.3 is 0 Å². The second-order valence-corrected chi connectivity index (χ2v) is 5.22. The van der Waals surface area contributed by atoms with Crippen LogP contribution in [-0.4, -0.2) is 48.9 Å². The number of ether oxygens (including phenoxy) is 1. The van der Waals surface area contributed by atoms with Gasteiger partial charge in [0.05, 0.1) is 12.7 Å². The van der Waals surface area contributed by atoms with Crippen molar-refractivity contribution in [1.82, 2.24) is 10.2 Å². The zero-order valence-electron chi connectivity index (χ0n) is 12.1. The second kappa shape index (κ2) is 7.02. The molecule has 1 heterocycles. The first kappa shape index (κ1) is 15.2. The molecule has 0 amide bonds. The molecule has 0 bridgehead atoms. The summed E-state index contributed by atoms with van der Waals surface area (Å²) in [5, 5.41) is 13.1. The van der Waals surface area contributed by atoms with E-state index in [-0.39, 0.29) is 23.7 Å². The molecular weight excluding hydrogens is 259 g/mol. The maximum atomic E-state index is 13.2. The topological polar surface area (TPSA) is 44.7 Å². The lowest BCUT2D eigenvalue weighted by molar-refractivity contribution is -0.0262. The summed E-state index contributed by atoms with van der Waals surface area (Å²) in [7, 11) is 0. The fraction of sp³-hybridized carbons (Fsp3) is 0.600. The third kappa shape index (κ3) is 3.91. The van der Waals surface area contributed by atoms with Gasteiger partial charge in [-0.2, -0.15) is 0 Å². The largest absolute Gasteiger partial charge is 0.508 e. The van der Waals surface area contributed by atoms with Crippen LogP contribution >= 0.6 is 0 Å². The standard InChI is InChI=1S/C15H23FN2O2/c1-3-18-6-7-20-13(10-18)9-17-11(2)14-8-12(16)4-5-15(14)19/h4-5,8,11,13,17,19H,3,6-7,9-10H2,1-2H3. The number of hydrogen-bond donors (Lipinski definition) is 2. The van der Waals surface area contributed by atoms with Crippen LogP contribution in [0.4, 0.5) is 4.39 Å². The third-order valence-corrected chi connectivity index (χ3v) is 3.78. The molecule has 2 unspecified atom stereocenters. The Morgan fingerprint density at radius 3 is 3.10 bits per heavy atom. The van der Waals surface area contributed by atoms with Gasteiger partial charge in [0.15, 0.2) is 0 Å². The van der Waals surface area contributed by atoms with E-state index in [1.54, 1.807) is 0 Å². The molecule has 112 valence electrons. The van der Waals surface area contributed by atoms with Gasteiger partial charge < -0.3 is 15.2 Å². The molecule has 5 heteroatoms. The highest BCUT2D eigenvalue weighted by Crippen LogP contribution is 2.24. The van der Waals surface area contributed by atoms with Crippen molar-refractivity contribution in [3.8, 4) is 5.75 Å². The summed E-state index contributed by atoms with van der Waals surface area (Å²) in [5.41, 5.74) is 0.577. The molecule has 4 nitrogen and oxygen atoms in total. The highest BCUT2D eigenvalue weighted by molar-refractivity contribution is 5.34. The SMILES string of the molecule is CCN1CCOC(CNC(C)c2cc(F)ccc2O)C1. The number of morpholine rings is 1. The van der Waals surface area contributed by atoms with Crippen LogP contribution < -0.4 is 5.32 Å². The molecule has 2 atom stereocenters. The first-order valence-corrected chi connectivity index (χ1v) is 7.16. The second-order valence-electron chi connectivity index (χ2n) is 5.22. The van der Waals surface area contributed by atoms with Gasteiger partial charge in [0.25, 0.3) is 0 Å². The summed E-state index contributed by atoms with van der Waals surface area (Å²) in [5.74, 6) is -0.219. The van der Waals surface area contributed by atoms with Gasteiger partial charge in [-0.05, 0) is 31.7 Å². The van der Waals surface area contributed by atoms with Gasteiger partial charge in [0, 0.05) is 31.2 Å². The van der Waals surface area contributed by atoms with Crippen LogP contribution in [0.3, 0.4) is 0 Å². The van der Waals surface area contributed by atoms with E-state index in [0.717, 1.165) is 26.2 Å². The predicted molar refractivity (Wildman–Crippen MR) is 76.3 cm³/mol. The molecule has 1 fully saturated rings. The Morgan fingerprint density at radius 1 is 1.55 bits per heavy atom. The van der Waals surface area contributed by atoms with Crippen LogP contribution in [-0.2, 0) is 4.74 Å². The van der Waals surface area contributed by atoms with Crippen molar-refractivity contribution < 1.29 is 14.2 Å². The molecule has 2 rings (SSSR count). The average molecular weight is 282 g/mol. The van der Waals surface area contributed by atoms with Crippen molar-refractivity contribution >= 4 is 0 Å². The van der Waals surface area contributed by atoms with Gasteiger partial charge in [-0.3, -0.25) is 4.90 Å². The number of likely N-dealkylation sites (N-methyl/N-ethyl adjacent to an activating group) is 1. The van der Waals surface area contributed by atoms with Crippen LogP contribution in [0.25, 0.3) is 0 Å². The van der Waals surface area contributed by atoms with E-state index in [2.05, 4.69) is 17.1 Å². The Morgan fingerprint density at radius 2 is 2.35 bits per heavy atom. The summed E-state index contributed by atoms with van der Waals surface area (Å²) in [6.07, 6.45) is 0.141. The molecule has 1 aromatic carbocycles. The van der Waals surface area contributed by atoms with Crippen LogP contribution in [0.2, 0.25) is 0 Å². The molecule has 1 saturated heterocycles. The normalized spacial score (nSPS) is 21.9. The monoisotopic (exact) mass is 282 g/mol. The zero-order valence-corrected chi connectivity index (χ0v) is 12.1. The Bertz CT molecular complexity index is 442. The van der Waals surface area contributed by atoms with Crippen molar-refractivity contribution in [1.29, 1.82) is 0 Å². The van der Waals surface area contributed by atoms with Gasteiger partial charge in [0.1, 0.15) is 11.6 Å². The van der Waals surface area contributed by atoms with Crippen molar-refractivity contribution in [2.24, 2.45) is 0 Å². The number of phenols is 1. The lowest BCUT2D eigenvalue weighted by Gasteiger charge is -2.32. The molecule has 1 aliphatic rings. The zero-order chi connectivity index (χ0) is 14.5. The van der Waals surface area contributed by atoms with E-state index < -0.39 is 0 Å². The Balaban J connectivity index is 1.88. The van der Waals surface area contributed by atoms with Crippen LogP contribution in [0, 0.1) is 5.82 Å². The number of nitrogens with one attached hydrogen (secondary N) is 1. The van der Waals surface area contributed by atoms with E-state index in [1.807, 2.05) is 6.92 Å². The summed E-state index contributed by atoms with van der Waals surface area (Å²) in [4.78, 5) is 2.35. The maximum Gasteiger partial charge on any atom is 0.123 e. The van der Waals surface area contributed by atoms with Gasteiger partial charge in [-0.1, -0.05) is 6.92 Å². The molecule has 0 aliphatic carbocycles. The maximum absolute atomic E-state index is 13.2. The average Bonchev–Trinajstić information content (AvgIpc) is 2.47. The minimum Gasteiger partial charge on any atom is -0.508 e. The van der Waals surface area contributed by atoms with E-state index in [9.17, 15) is 9.50 Å². The van der Waals surface area contributed by atoms with E-state index in [0.29, 0.717) is 12.1 Å². The Kier molecular flexibility index (Phi) is 5.34. The molecule has 1 aliphatic heterocycles. The molecule has 2 N–H and O–H groups in total. The summed E-state index contributed by atoms with van der Waals surface area (Å²) in [6.45, 7) is 8.41. The third-order valence-electron chi connectivity index (χ3n) is 3.78. The van der Waals surface area contributed by atoms with Crippen LogP contribution in [0.15, 0.2) is 18.2 Å². The predicted octanol–water partition coefficient (Wildman–Crippen LogP) is 1.90. The first-order chi connectivity index (χ1) is 9.60. The number of rotatable bonds is 5. The number of aromatic hydroxyl groups is 1. The van der Waals surface area contributed by atoms with E-state index in [1.165, 1.54) is 18.2 Å². The smallest absolute Gasteiger partial charge is 0.123 e. The van der Waals surface area contributed by atoms with Crippen molar-refractivity contribution in [2.45, 2.75) is 26.0 Å². The summed E-state index contributed by atoms with van der Waals surface area (Å²) < 4.78 is 18.9. The Labute approximate surface area is 119 Å². The highest BCUT2D eigenvalue weighted by atomic mass is 19.1. The number of hydrogen-bond acceptors (Lipinski definition) is 4. The molecule has 0 aromatic heterocycles. The van der Waals surface area contributed by atoms with E-state index in [4.69, 9.17) is 4.74 Å². The molecule has 1 aromatic rings. The van der Waals surface area contributed by atoms with Gasteiger partial charge in [-0.25, -0.2) is 4.39 Å². The highest BCUT2D eigenvalue weighted by Gasteiger charge is 2.20.